The van der Waals surface area contributed by atoms with Crippen LogP contribution < -0.4 is 24.8 Å². The van der Waals surface area contributed by atoms with Crippen LogP contribution in [0.3, 0.4) is 0 Å². The van der Waals surface area contributed by atoms with Gasteiger partial charge in [0.2, 0.25) is 5.91 Å². The van der Waals surface area contributed by atoms with Gasteiger partial charge in [0.25, 0.3) is 0 Å². The highest BCUT2D eigenvalue weighted by Crippen LogP contribution is 2.45. The number of ether oxygens (including phenoxy) is 3. The molecule has 1 aliphatic carbocycles. The first-order valence-electron chi connectivity index (χ1n) is 18.6. The van der Waals surface area contributed by atoms with E-state index in [9.17, 15) is 19.7 Å². The van der Waals surface area contributed by atoms with E-state index in [1.165, 1.54) is 6.07 Å². The molecule has 12 heteroatoms. The minimum Gasteiger partial charge on any atom is -0.493 e. The smallest absolute Gasteiger partial charge is 0.220 e. The van der Waals surface area contributed by atoms with Crippen molar-refractivity contribution in [3.63, 3.8) is 0 Å². The molecule has 2 N–H and O–H groups in total. The Morgan fingerprint density at radius 1 is 0.964 bits per heavy atom. The van der Waals surface area contributed by atoms with Crippen molar-refractivity contribution in [2.75, 3.05) is 32.8 Å². The molecule has 4 aromatic carbocycles. The number of likely N-dealkylation sites (tertiary alicyclic amines) is 1. The molecule has 55 heavy (non-hydrogen) atoms. The molecule has 284 valence electrons. The lowest BCUT2D eigenvalue weighted by atomic mass is 9.93. The number of hydrogen-bond donors (Lipinski definition) is 2. The molecule has 0 spiro atoms. The van der Waals surface area contributed by atoms with Crippen molar-refractivity contribution in [3.05, 3.63) is 111 Å². The molecule has 0 radical (unpaired) electrons. The molecule has 0 unspecified atom stereocenters. The first-order chi connectivity index (χ1) is 26.7. The largest absolute Gasteiger partial charge is 0.493 e. The fourth-order valence-corrected chi connectivity index (χ4v) is 7.79. The lowest BCUT2D eigenvalue weighted by Gasteiger charge is -2.34. The molecule has 0 bridgehead atoms. The van der Waals surface area contributed by atoms with E-state index in [0.717, 1.165) is 58.5 Å². The van der Waals surface area contributed by atoms with Gasteiger partial charge < -0.3 is 24.8 Å². The number of hydrogen-bond acceptors (Lipinski definition) is 8. The summed E-state index contributed by atoms with van der Waals surface area (Å²) in [6.07, 6.45) is -0.796. The van der Waals surface area contributed by atoms with E-state index in [4.69, 9.17) is 25.8 Å². The lowest BCUT2D eigenvalue weighted by molar-refractivity contribution is -0.119. The Balaban J connectivity index is 1.11. The number of carbonyl (C=O) groups is 1. The number of rotatable bonds is 15. The van der Waals surface area contributed by atoms with Crippen LogP contribution in [0.4, 0.5) is 8.78 Å². The predicted molar refractivity (Wildman–Crippen MR) is 205 cm³/mol. The Hall–Kier alpha value is -5.20. The van der Waals surface area contributed by atoms with Crippen LogP contribution in [0.5, 0.6) is 17.2 Å². The van der Waals surface area contributed by atoms with Crippen LogP contribution in [0.2, 0.25) is 5.02 Å². The fourth-order valence-electron chi connectivity index (χ4n) is 7.56. The SMILES string of the molecule is Cc1c(OCCCN2CC(F)C2)cccc1-c1cccc2c1C[C@@H](F)[C@@H]2Oc1cc(OCc2cc(C#N)cc(C#N)c2)c(CNC[C@H]2CCC(=O)N2)cc1Cl. The number of benzene rings is 4. The number of halogens is 3. The Kier molecular flexibility index (Phi) is 11.8. The van der Waals surface area contributed by atoms with Gasteiger partial charge in [0.05, 0.1) is 34.9 Å². The summed E-state index contributed by atoms with van der Waals surface area (Å²) in [5.41, 5.74) is 6.45. The third-order valence-electron chi connectivity index (χ3n) is 10.4. The maximum absolute atomic E-state index is 16.1. The number of alkyl halides is 2. The summed E-state index contributed by atoms with van der Waals surface area (Å²) < 4.78 is 48.1. The van der Waals surface area contributed by atoms with E-state index in [2.05, 4.69) is 27.7 Å². The number of nitrogens with one attached hydrogen (secondary N) is 2. The van der Waals surface area contributed by atoms with E-state index in [1.54, 1.807) is 24.3 Å². The summed E-state index contributed by atoms with van der Waals surface area (Å²) in [7, 11) is 0. The number of fused-ring (bicyclic) bond motifs is 1. The zero-order chi connectivity index (χ0) is 38.5. The second-order valence-electron chi connectivity index (χ2n) is 14.4. The second kappa shape index (κ2) is 17.1. The summed E-state index contributed by atoms with van der Waals surface area (Å²) >= 11 is 6.84. The average molecular weight is 766 g/mol. The van der Waals surface area contributed by atoms with Crippen LogP contribution in [-0.4, -0.2) is 62.0 Å². The van der Waals surface area contributed by atoms with Gasteiger partial charge in [0, 0.05) is 63.2 Å². The molecule has 1 amide bonds. The highest BCUT2D eigenvalue weighted by Gasteiger charge is 2.37. The number of nitriles is 2. The molecule has 2 fully saturated rings. The van der Waals surface area contributed by atoms with Gasteiger partial charge in [-0.2, -0.15) is 10.5 Å². The first-order valence-corrected chi connectivity index (χ1v) is 19.0. The normalized spacial score (nSPS) is 19.2. The van der Waals surface area contributed by atoms with Gasteiger partial charge in [-0.3, -0.25) is 9.69 Å². The van der Waals surface area contributed by atoms with Crippen LogP contribution in [-0.2, 0) is 24.4 Å². The van der Waals surface area contributed by atoms with Crippen LogP contribution >= 0.6 is 11.6 Å². The maximum atomic E-state index is 16.1. The van der Waals surface area contributed by atoms with Crippen molar-refractivity contribution < 1.29 is 27.8 Å². The van der Waals surface area contributed by atoms with Gasteiger partial charge in [-0.25, -0.2) is 8.78 Å². The van der Waals surface area contributed by atoms with Gasteiger partial charge in [0.1, 0.15) is 36.2 Å². The van der Waals surface area contributed by atoms with Crippen molar-refractivity contribution in [2.45, 2.75) is 70.2 Å². The van der Waals surface area contributed by atoms with E-state index in [1.807, 2.05) is 43.3 Å². The quantitative estimate of drug-likeness (QED) is 0.120. The van der Waals surface area contributed by atoms with Crippen molar-refractivity contribution in [1.29, 1.82) is 10.5 Å². The molecule has 9 nitrogen and oxygen atoms in total. The van der Waals surface area contributed by atoms with Gasteiger partial charge in [-0.05, 0) is 83.5 Å². The topological polar surface area (TPSA) is 120 Å². The third kappa shape index (κ3) is 8.87. The monoisotopic (exact) mass is 765 g/mol. The highest BCUT2D eigenvalue weighted by molar-refractivity contribution is 6.32. The molecule has 4 aromatic rings. The summed E-state index contributed by atoms with van der Waals surface area (Å²) in [5, 5.41) is 25.6. The van der Waals surface area contributed by atoms with Gasteiger partial charge in [-0.15, -0.1) is 0 Å². The highest BCUT2D eigenvalue weighted by atomic mass is 35.5. The number of nitrogens with zero attached hydrogens (tertiary/aromatic N) is 3. The number of carbonyl (C=O) groups excluding carboxylic acids is 1. The summed E-state index contributed by atoms with van der Waals surface area (Å²) in [5.74, 6) is 1.48. The molecule has 2 heterocycles. The standard InChI is InChI=1S/C43H42ClF2N5O4/c1-26-33(5-3-8-39(26)53-12-4-11-51-23-31(45)24-51)34-6-2-7-35-36(34)17-38(46)43(35)55-41-18-40(54-25-29-14-27(19-47)13-28(15-29)20-48)30(16-37(41)44)21-49-22-32-9-10-42(52)50-32/h2-3,5-8,13-16,18,31-32,38,43,49H,4,9-12,17,21-25H2,1H3,(H,50,52)/t32-,38-,43-/m1/s1. The molecular formula is C43H42ClF2N5O4. The first kappa shape index (κ1) is 38.1. The van der Waals surface area contributed by atoms with E-state index in [0.29, 0.717) is 61.6 Å². The van der Waals surface area contributed by atoms with Crippen LogP contribution in [0.25, 0.3) is 11.1 Å². The molecule has 0 aromatic heterocycles. The third-order valence-corrected chi connectivity index (χ3v) is 10.7. The molecule has 7 rings (SSSR count). The maximum Gasteiger partial charge on any atom is 0.220 e. The summed E-state index contributed by atoms with van der Waals surface area (Å²) in [6.45, 7) is 5.27. The Morgan fingerprint density at radius 3 is 2.45 bits per heavy atom. The number of amides is 1. The van der Waals surface area contributed by atoms with Crippen molar-refractivity contribution >= 4 is 17.5 Å². The zero-order valence-corrected chi connectivity index (χ0v) is 31.3. The van der Waals surface area contributed by atoms with Crippen LogP contribution in [0, 0.1) is 29.6 Å². The molecular weight excluding hydrogens is 724 g/mol. The average Bonchev–Trinajstić information content (AvgIpc) is 3.74. The Labute approximate surface area is 324 Å². The van der Waals surface area contributed by atoms with Crippen LogP contribution in [0.1, 0.15) is 64.3 Å². The van der Waals surface area contributed by atoms with Crippen molar-refractivity contribution in [2.24, 2.45) is 0 Å². The molecule has 2 aliphatic heterocycles. The van der Waals surface area contributed by atoms with Gasteiger partial charge in [-0.1, -0.05) is 41.9 Å². The summed E-state index contributed by atoms with van der Waals surface area (Å²) in [4.78, 5) is 13.8. The van der Waals surface area contributed by atoms with Crippen molar-refractivity contribution in [1.82, 2.24) is 15.5 Å². The van der Waals surface area contributed by atoms with E-state index >= 15 is 4.39 Å². The minimum absolute atomic E-state index is 0.0217. The van der Waals surface area contributed by atoms with Crippen molar-refractivity contribution in [3.8, 4) is 40.5 Å². The minimum atomic E-state index is -1.34. The molecule has 3 aliphatic rings. The predicted octanol–water partition coefficient (Wildman–Crippen LogP) is 7.44. The van der Waals surface area contributed by atoms with Gasteiger partial charge in [0.15, 0.2) is 6.10 Å². The van der Waals surface area contributed by atoms with E-state index in [-0.39, 0.29) is 35.7 Å². The van der Waals surface area contributed by atoms with Gasteiger partial charge >= 0.3 is 0 Å². The molecule has 0 saturated carbocycles. The summed E-state index contributed by atoms with van der Waals surface area (Å²) in [6, 6.07) is 24.1. The Morgan fingerprint density at radius 2 is 1.73 bits per heavy atom. The zero-order valence-electron chi connectivity index (χ0n) is 30.5. The lowest BCUT2D eigenvalue weighted by Crippen LogP contribution is -2.48. The molecule has 2 saturated heterocycles. The molecule has 3 atom stereocenters. The van der Waals surface area contributed by atoms with Crippen LogP contribution in [0.15, 0.2) is 66.7 Å². The fraction of sp³-hybridized carbons (Fsp3) is 0.372. The second-order valence-corrected chi connectivity index (χ2v) is 14.8. The Bertz CT molecular complexity index is 2110. The van der Waals surface area contributed by atoms with E-state index < -0.39 is 18.4 Å².